The summed E-state index contributed by atoms with van der Waals surface area (Å²) in [4.78, 5) is 26.1. The van der Waals surface area contributed by atoms with Crippen molar-refractivity contribution < 1.29 is 9.59 Å². The zero-order valence-corrected chi connectivity index (χ0v) is 10.4. The molecule has 0 spiro atoms. The van der Waals surface area contributed by atoms with Crippen molar-refractivity contribution in [2.75, 3.05) is 18.4 Å². The molecule has 0 fully saturated rings. The Morgan fingerprint density at radius 2 is 2.17 bits per heavy atom. The molecule has 0 aliphatic heterocycles. The number of anilines is 1. The van der Waals surface area contributed by atoms with Crippen molar-refractivity contribution in [2.45, 2.75) is 19.8 Å². The highest BCUT2D eigenvalue weighted by molar-refractivity contribution is 5.91. The van der Waals surface area contributed by atoms with Crippen LogP contribution in [0.3, 0.4) is 0 Å². The molecule has 2 amide bonds. The number of pyridine rings is 1. The first-order chi connectivity index (χ1) is 8.63. The molecule has 6 heteroatoms. The van der Waals surface area contributed by atoms with Crippen LogP contribution in [0.4, 0.5) is 5.69 Å². The highest BCUT2D eigenvalue weighted by atomic mass is 16.2. The van der Waals surface area contributed by atoms with Crippen LogP contribution in [0, 0.1) is 0 Å². The van der Waals surface area contributed by atoms with E-state index in [2.05, 4.69) is 15.6 Å². The number of nitrogens with one attached hydrogen (secondary N) is 2. The summed E-state index contributed by atoms with van der Waals surface area (Å²) in [6.45, 7) is 3.19. The predicted octanol–water partition coefficient (Wildman–Crippen LogP) is 0.509. The van der Waals surface area contributed by atoms with Crippen LogP contribution in [0.25, 0.3) is 0 Å². The fourth-order valence-electron chi connectivity index (χ4n) is 1.35. The van der Waals surface area contributed by atoms with Gasteiger partial charge < -0.3 is 16.4 Å². The molecule has 0 bridgehead atoms. The maximum Gasteiger partial charge on any atom is 0.267 e. The second-order valence-corrected chi connectivity index (χ2v) is 3.82. The second-order valence-electron chi connectivity index (χ2n) is 3.82. The van der Waals surface area contributed by atoms with Crippen molar-refractivity contribution in [3.05, 3.63) is 24.0 Å². The Kier molecular flexibility index (Phi) is 5.63. The first-order valence-electron chi connectivity index (χ1n) is 5.90. The van der Waals surface area contributed by atoms with Crippen molar-refractivity contribution in [1.82, 2.24) is 10.3 Å². The summed E-state index contributed by atoms with van der Waals surface area (Å²) in [6.07, 6.45) is 2.80. The highest BCUT2D eigenvalue weighted by Crippen LogP contribution is 2.07. The van der Waals surface area contributed by atoms with Gasteiger partial charge in [0.1, 0.15) is 5.69 Å². The molecule has 98 valence electrons. The van der Waals surface area contributed by atoms with Gasteiger partial charge in [0, 0.05) is 31.4 Å². The molecule has 1 aromatic rings. The van der Waals surface area contributed by atoms with Crippen LogP contribution in [0.2, 0.25) is 0 Å². The SMILES string of the molecule is CCCNC(=O)CCNc1ccnc(C(N)=O)c1. The minimum atomic E-state index is -0.570. The third kappa shape index (κ3) is 4.82. The van der Waals surface area contributed by atoms with Gasteiger partial charge in [-0.3, -0.25) is 14.6 Å². The predicted molar refractivity (Wildman–Crippen MR) is 69.2 cm³/mol. The number of nitrogens with zero attached hydrogens (tertiary/aromatic N) is 1. The Bertz CT molecular complexity index is 420. The maximum atomic E-state index is 11.3. The van der Waals surface area contributed by atoms with Gasteiger partial charge in [-0.15, -0.1) is 0 Å². The standard InChI is InChI=1S/C12H18N4O2/c1-2-5-16-11(17)4-7-14-9-3-6-15-10(8-9)12(13)18/h3,6,8H,2,4-5,7H2,1H3,(H2,13,18)(H,14,15)(H,16,17). The highest BCUT2D eigenvalue weighted by Gasteiger charge is 2.03. The van der Waals surface area contributed by atoms with E-state index in [0.29, 0.717) is 19.5 Å². The molecule has 0 atom stereocenters. The van der Waals surface area contributed by atoms with Gasteiger partial charge in [0.15, 0.2) is 0 Å². The molecule has 0 aromatic carbocycles. The quantitative estimate of drug-likeness (QED) is 0.656. The smallest absolute Gasteiger partial charge is 0.267 e. The van der Waals surface area contributed by atoms with Gasteiger partial charge in [0.05, 0.1) is 0 Å². The van der Waals surface area contributed by atoms with E-state index in [-0.39, 0.29) is 11.6 Å². The van der Waals surface area contributed by atoms with Crippen molar-refractivity contribution in [1.29, 1.82) is 0 Å². The van der Waals surface area contributed by atoms with Crippen LogP contribution in [0.1, 0.15) is 30.3 Å². The summed E-state index contributed by atoms with van der Waals surface area (Å²) in [5.74, 6) is -0.562. The summed E-state index contributed by atoms with van der Waals surface area (Å²) in [7, 11) is 0. The van der Waals surface area contributed by atoms with Crippen LogP contribution in [-0.4, -0.2) is 29.9 Å². The lowest BCUT2D eigenvalue weighted by Gasteiger charge is -2.07. The molecule has 0 aliphatic rings. The number of amides is 2. The van der Waals surface area contributed by atoms with Crippen molar-refractivity contribution in [2.24, 2.45) is 5.73 Å². The Labute approximate surface area is 106 Å². The van der Waals surface area contributed by atoms with Crippen molar-refractivity contribution in [3.8, 4) is 0 Å². The number of carbonyl (C=O) groups is 2. The first-order valence-corrected chi connectivity index (χ1v) is 5.90. The number of aromatic nitrogens is 1. The summed E-state index contributed by atoms with van der Waals surface area (Å²) < 4.78 is 0. The molecule has 1 aromatic heterocycles. The molecule has 0 radical (unpaired) electrons. The molecule has 0 unspecified atom stereocenters. The van der Waals surface area contributed by atoms with E-state index < -0.39 is 5.91 Å². The zero-order valence-electron chi connectivity index (χ0n) is 10.4. The van der Waals surface area contributed by atoms with E-state index in [1.54, 1.807) is 12.1 Å². The number of rotatable bonds is 7. The summed E-state index contributed by atoms with van der Waals surface area (Å²) in [5, 5.41) is 5.82. The molecule has 18 heavy (non-hydrogen) atoms. The van der Waals surface area contributed by atoms with Crippen LogP contribution < -0.4 is 16.4 Å². The molecule has 0 aliphatic carbocycles. The number of carbonyl (C=O) groups excluding carboxylic acids is 2. The summed E-state index contributed by atoms with van der Waals surface area (Å²) >= 11 is 0. The molecule has 1 rings (SSSR count). The molecule has 0 saturated heterocycles. The minimum Gasteiger partial charge on any atom is -0.384 e. The van der Waals surface area contributed by atoms with E-state index >= 15 is 0 Å². The number of primary amides is 1. The van der Waals surface area contributed by atoms with Gasteiger partial charge in [-0.1, -0.05) is 6.92 Å². The van der Waals surface area contributed by atoms with Gasteiger partial charge in [0.2, 0.25) is 5.91 Å². The summed E-state index contributed by atoms with van der Waals surface area (Å²) in [5.41, 5.74) is 6.05. The lowest BCUT2D eigenvalue weighted by Crippen LogP contribution is -2.25. The first kappa shape index (κ1) is 14.0. The maximum absolute atomic E-state index is 11.3. The topological polar surface area (TPSA) is 97.1 Å². The Balaban J connectivity index is 2.37. The van der Waals surface area contributed by atoms with Gasteiger partial charge in [-0.05, 0) is 18.6 Å². The average Bonchev–Trinajstić information content (AvgIpc) is 2.36. The fraction of sp³-hybridized carbons (Fsp3) is 0.417. The Morgan fingerprint density at radius 1 is 1.39 bits per heavy atom. The third-order valence-corrected chi connectivity index (χ3v) is 2.27. The zero-order chi connectivity index (χ0) is 13.4. The minimum absolute atomic E-state index is 0.00790. The second kappa shape index (κ2) is 7.26. The fourth-order valence-corrected chi connectivity index (χ4v) is 1.35. The average molecular weight is 250 g/mol. The van der Waals surface area contributed by atoms with Crippen LogP contribution in [0.5, 0.6) is 0 Å². The Morgan fingerprint density at radius 3 is 2.83 bits per heavy atom. The third-order valence-electron chi connectivity index (χ3n) is 2.27. The van der Waals surface area contributed by atoms with E-state index in [1.807, 2.05) is 6.92 Å². The number of nitrogens with two attached hydrogens (primary N) is 1. The van der Waals surface area contributed by atoms with Crippen LogP contribution >= 0.6 is 0 Å². The molecule has 6 nitrogen and oxygen atoms in total. The van der Waals surface area contributed by atoms with Crippen LogP contribution in [0.15, 0.2) is 18.3 Å². The van der Waals surface area contributed by atoms with E-state index in [0.717, 1.165) is 12.1 Å². The van der Waals surface area contributed by atoms with Gasteiger partial charge in [0.25, 0.3) is 5.91 Å². The largest absolute Gasteiger partial charge is 0.384 e. The summed E-state index contributed by atoms with van der Waals surface area (Å²) in [6, 6.07) is 3.28. The number of hydrogen-bond donors (Lipinski definition) is 3. The molecular formula is C12H18N4O2. The van der Waals surface area contributed by atoms with E-state index in [9.17, 15) is 9.59 Å². The van der Waals surface area contributed by atoms with Crippen molar-refractivity contribution in [3.63, 3.8) is 0 Å². The molecule has 0 saturated carbocycles. The number of hydrogen-bond acceptors (Lipinski definition) is 4. The van der Waals surface area contributed by atoms with Gasteiger partial charge in [-0.25, -0.2) is 0 Å². The lowest BCUT2D eigenvalue weighted by atomic mass is 10.3. The van der Waals surface area contributed by atoms with Gasteiger partial charge >= 0.3 is 0 Å². The molecular weight excluding hydrogens is 232 g/mol. The Hall–Kier alpha value is -2.11. The van der Waals surface area contributed by atoms with Gasteiger partial charge in [-0.2, -0.15) is 0 Å². The lowest BCUT2D eigenvalue weighted by molar-refractivity contribution is -0.120. The molecule has 1 heterocycles. The normalized spacial score (nSPS) is 9.83. The van der Waals surface area contributed by atoms with Crippen molar-refractivity contribution >= 4 is 17.5 Å². The molecule has 4 N–H and O–H groups in total. The van der Waals surface area contributed by atoms with E-state index in [4.69, 9.17) is 5.73 Å². The monoisotopic (exact) mass is 250 g/mol. The van der Waals surface area contributed by atoms with E-state index in [1.165, 1.54) is 6.20 Å². The van der Waals surface area contributed by atoms with Crippen LogP contribution in [-0.2, 0) is 4.79 Å².